The molecule has 0 fully saturated rings. The van der Waals surface area contributed by atoms with Crippen LogP contribution in [0.4, 0.5) is 5.13 Å². The summed E-state index contributed by atoms with van der Waals surface area (Å²) in [5.41, 5.74) is 2.54. The van der Waals surface area contributed by atoms with Crippen molar-refractivity contribution >= 4 is 28.3 Å². The summed E-state index contributed by atoms with van der Waals surface area (Å²) in [6, 6.07) is 14.0. The number of nitrogens with one attached hydrogen (secondary N) is 2. The average Bonchev–Trinajstić information content (AvgIpc) is 3.22. The van der Waals surface area contributed by atoms with E-state index in [2.05, 4.69) is 27.8 Å². The van der Waals surface area contributed by atoms with Gasteiger partial charge < -0.3 is 10.1 Å². The van der Waals surface area contributed by atoms with Crippen molar-refractivity contribution < 1.29 is 14.3 Å². The van der Waals surface area contributed by atoms with Crippen LogP contribution in [0.5, 0.6) is 5.75 Å². The summed E-state index contributed by atoms with van der Waals surface area (Å²) in [5, 5.41) is 14.5. The molecular weight excluding hydrogens is 388 g/mol. The monoisotopic (exact) mass is 410 g/mol. The van der Waals surface area contributed by atoms with Gasteiger partial charge in [-0.25, -0.2) is 0 Å². The molecule has 0 aliphatic rings. The van der Waals surface area contributed by atoms with Crippen LogP contribution in [0, 0.1) is 0 Å². The van der Waals surface area contributed by atoms with E-state index in [0.29, 0.717) is 15.7 Å². The van der Waals surface area contributed by atoms with E-state index >= 15 is 0 Å². The lowest BCUT2D eigenvalue weighted by molar-refractivity contribution is -0.117. The van der Waals surface area contributed by atoms with E-state index in [0.717, 1.165) is 23.3 Å². The Hall–Kier alpha value is -3.26. The molecule has 0 aliphatic heterocycles. The number of amides is 2. The van der Waals surface area contributed by atoms with E-state index < -0.39 is 6.04 Å². The minimum atomic E-state index is -0.721. The third-order valence-electron chi connectivity index (χ3n) is 4.36. The summed E-state index contributed by atoms with van der Waals surface area (Å²) >= 11 is 1.26. The molecule has 0 bridgehead atoms. The first-order chi connectivity index (χ1) is 14.0. The Labute approximate surface area is 173 Å². The molecule has 3 rings (SSSR count). The maximum absolute atomic E-state index is 12.4. The van der Waals surface area contributed by atoms with Gasteiger partial charge in [0.25, 0.3) is 5.91 Å². The van der Waals surface area contributed by atoms with Gasteiger partial charge in [0.1, 0.15) is 16.8 Å². The number of carbonyl (C=O) groups is 2. The molecule has 0 spiro atoms. The number of hydrogen-bond donors (Lipinski definition) is 2. The van der Waals surface area contributed by atoms with Crippen molar-refractivity contribution in [2.24, 2.45) is 0 Å². The van der Waals surface area contributed by atoms with E-state index in [4.69, 9.17) is 4.74 Å². The molecule has 0 aliphatic carbocycles. The second-order valence-corrected chi connectivity index (χ2v) is 7.35. The molecule has 0 saturated heterocycles. The summed E-state index contributed by atoms with van der Waals surface area (Å²) in [7, 11) is 1.60. The number of methoxy groups -OCH3 is 1. The molecule has 8 heteroatoms. The standard InChI is InChI=1S/C21H22N4O3S/c1-4-14-5-7-15(8-6-14)19(27)22-13(2)18(26)23-21-25-24-20(29-21)16-9-11-17(28-3)12-10-16/h5-13H,4H2,1-3H3,(H,22,27)(H,23,25,26)/t13-/m0/s1. The summed E-state index contributed by atoms with van der Waals surface area (Å²) in [4.78, 5) is 24.7. The zero-order valence-corrected chi connectivity index (χ0v) is 17.2. The van der Waals surface area contributed by atoms with Crippen LogP contribution in [0.1, 0.15) is 29.8 Å². The quantitative estimate of drug-likeness (QED) is 0.621. The van der Waals surface area contributed by atoms with Crippen LogP contribution in [0.2, 0.25) is 0 Å². The van der Waals surface area contributed by atoms with Crippen LogP contribution in [0.3, 0.4) is 0 Å². The fourth-order valence-electron chi connectivity index (χ4n) is 2.57. The van der Waals surface area contributed by atoms with Crippen molar-refractivity contribution in [2.75, 3.05) is 12.4 Å². The largest absolute Gasteiger partial charge is 0.497 e. The second-order valence-electron chi connectivity index (χ2n) is 6.38. The third-order valence-corrected chi connectivity index (χ3v) is 5.25. The van der Waals surface area contributed by atoms with Crippen LogP contribution in [0.25, 0.3) is 10.6 Å². The van der Waals surface area contributed by atoms with Crippen molar-refractivity contribution in [2.45, 2.75) is 26.3 Å². The average molecular weight is 410 g/mol. The van der Waals surface area contributed by atoms with E-state index in [1.165, 1.54) is 11.3 Å². The minimum Gasteiger partial charge on any atom is -0.497 e. The van der Waals surface area contributed by atoms with Crippen molar-refractivity contribution in [1.82, 2.24) is 15.5 Å². The fraction of sp³-hybridized carbons (Fsp3) is 0.238. The lowest BCUT2D eigenvalue weighted by Gasteiger charge is -2.13. The number of anilines is 1. The zero-order chi connectivity index (χ0) is 20.8. The lowest BCUT2D eigenvalue weighted by atomic mass is 10.1. The summed E-state index contributed by atoms with van der Waals surface area (Å²) in [6.45, 7) is 3.67. The molecule has 3 aromatic rings. The Morgan fingerprint density at radius 3 is 2.38 bits per heavy atom. The first-order valence-electron chi connectivity index (χ1n) is 9.18. The Bertz CT molecular complexity index is 984. The van der Waals surface area contributed by atoms with Gasteiger partial charge in [-0.15, -0.1) is 10.2 Å². The van der Waals surface area contributed by atoms with E-state index in [1.54, 1.807) is 26.2 Å². The second kappa shape index (κ2) is 9.29. The molecule has 150 valence electrons. The smallest absolute Gasteiger partial charge is 0.251 e. The Kier molecular flexibility index (Phi) is 6.56. The Balaban J connectivity index is 1.59. The molecular formula is C21H22N4O3S. The maximum Gasteiger partial charge on any atom is 0.251 e. The lowest BCUT2D eigenvalue weighted by Crippen LogP contribution is -2.41. The highest BCUT2D eigenvalue weighted by Crippen LogP contribution is 2.27. The van der Waals surface area contributed by atoms with Crippen LogP contribution in [0.15, 0.2) is 48.5 Å². The predicted molar refractivity (Wildman–Crippen MR) is 113 cm³/mol. The molecule has 29 heavy (non-hydrogen) atoms. The van der Waals surface area contributed by atoms with Gasteiger partial charge in [0.05, 0.1) is 7.11 Å². The number of ether oxygens (including phenoxy) is 1. The first-order valence-corrected chi connectivity index (χ1v) is 10.0. The third kappa shape index (κ3) is 5.17. The van der Waals surface area contributed by atoms with Gasteiger partial charge >= 0.3 is 0 Å². The summed E-state index contributed by atoms with van der Waals surface area (Å²) in [5.74, 6) is 0.0909. The van der Waals surface area contributed by atoms with Gasteiger partial charge in [-0.3, -0.25) is 14.9 Å². The first kappa shape index (κ1) is 20.5. The SMILES string of the molecule is CCc1ccc(C(=O)N[C@@H](C)C(=O)Nc2nnc(-c3ccc(OC)cc3)s2)cc1. The number of aromatic nitrogens is 2. The number of benzene rings is 2. The molecule has 1 aromatic heterocycles. The van der Waals surface area contributed by atoms with Crippen LogP contribution in [-0.4, -0.2) is 35.2 Å². The number of hydrogen-bond acceptors (Lipinski definition) is 6. The van der Waals surface area contributed by atoms with Crippen molar-refractivity contribution in [3.05, 3.63) is 59.7 Å². The molecule has 1 heterocycles. The van der Waals surface area contributed by atoms with Crippen molar-refractivity contribution in [1.29, 1.82) is 0 Å². The van der Waals surface area contributed by atoms with E-state index in [9.17, 15) is 9.59 Å². The van der Waals surface area contributed by atoms with Gasteiger partial charge in [-0.05, 0) is 55.3 Å². The van der Waals surface area contributed by atoms with Crippen LogP contribution < -0.4 is 15.4 Å². The molecule has 2 N–H and O–H groups in total. The number of rotatable bonds is 7. The highest BCUT2D eigenvalue weighted by molar-refractivity contribution is 7.18. The van der Waals surface area contributed by atoms with Gasteiger partial charge in [-0.2, -0.15) is 0 Å². The topological polar surface area (TPSA) is 93.2 Å². The summed E-state index contributed by atoms with van der Waals surface area (Å²) in [6.07, 6.45) is 0.904. The maximum atomic E-state index is 12.4. The molecule has 1 atom stereocenters. The normalized spacial score (nSPS) is 11.6. The number of carbonyl (C=O) groups excluding carboxylic acids is 2. The molecule has 0 saturated carbocycles. The minimum absolute atomic E-state index is 0.300. The fourth-order valence-corrected chi connectivity index (χ4v) is 3.33. The number of aryl methyl sites for hydroxylation is 1. The van der Waals surface area contributed by atoms with Gasteiger partial charge in [0, 0.05) is 11.1 Å². The molecule has 0 unspecified atom stereocenters. The Morgan fingerprint density at radius 2 is 1.76 bits per heavy atom. The molecule has 2 aromatic carbocycles. The molecule has 0 radical (unpaired) electrons. The van der Waals surface area contributed by atoms with Crippen LogP contribution >= 0.6 is 11.3 Å². The predicted octanol–water partition coefficient (Wildman–Crippen LogP) is 3.53. The van der Waals surface area contributed by atoms with Crippen LogP contribution in [-0.2, 0) is 11.2 Å². The number of nitrogens with zero attached hydrogens (tertiary/aromatic N) is 2. The highest BCUT2D eigenvalue weighted by Gasteiger charge is 2.18. The molecule has 2 amide bonds. The van der Waals surface area contributed by atoms with Crippen molar-refractivity contribution in [3.8, 4) is 16.3 Å². The van der Waals surface area contributed by atoms with Gasteiger partial charge in [-0.1, -0.05) is 30.4 Å². The van der Waals surface area contributed by atoms with E-state index in [-0.39, 0.29) is 11.8 Å². The highest BCUT2D eigenvalue weighted by atomic mass is 32.1. The van der Waals surface area contributed by atoms with Gasteiger partial charge in [0.2, 0.25) is 11.0 Å². The molecule has 7 nitrogen and oxygen atoms in total. The zero-order valence-electron chi connectivity index (χ0n) is 16.4. The van der Waals surface area contributed by atoms with E-state index in [1.807, 2.05) is 36.4 Å². The van der Waals surface area contributed by atoms with Crippen molar-refractivity contribution in [3.63, 3.8) is 0 Å². The van der Waals surface area contributed by atoms with Gasteiger partial charge in [0.15, 0.2) is 0 Å². The summed E-state index contributed by atoms with van der Waals surface area (Å²) < 4.78 is 5.14. The Morgan fingerprint density at radius 1 is 1.07 bits per heavy atom.